The van der Waals surface area contributed by atoms with Gasteiger partial charge in [-0.2, -0.15) is 0 Å². The molecule has 2 N–H and O–H groups in total. The Morgan fingerprint density at radius 1 is 1.50 bits per heavy atom. The number of ether oxygens (including phenoxy) is 1. The van der Waals surface area contributed by atoms with E-state index in [1.807, 2.05) is 30.5 Å². The highest BCUT2D eigenvalue weighted by Crippen LogP contribution is 2.24. The molecule has 0 aliphatic rings. The maximum atomic E-state index is 5.75. The molecule has 0 spiro atoms. The lowest BCUT2D eigenvalue weighted by Gasteiger charge is -2.07. The first-order valence-electron chi connectivity index (χ1n) is 4.74. The molecule has 2 heterocycles. The number of halogens is 1. The second-order valence-corrected chi connectivity index (χ2v) is 5.27. The molecule has 16 heavy (non-hydrogen) atoms. The molecular weight excluding hydrogens is 288 g/mol. The van der Waals surface area contributed by atoms with Gasteiger partial charge in [-0.3, -0.25) is 0 Å². The summed E-state index contributed by atoms with van der Waals surface area (Å²) in [5, 5.41) is 2.02. The second kappa shape index (κ2) is 4.84. The third-order valence-corrected chi connectivity index (χ3v) is 3.69. The summed E-state index contributed by atoms with van der Waals surface area (Å²) >= 11 is 5.04. The van der Waals surface area contributed by atoms with E-state index >= 15 is 0 Å². The minimum Gasteiger partial charge on any atom is -0.484 e. The molecule has 2 aromatic rings. The Morgan fingerprint density at radius 3 is 2.94 bits per heavy atom. The van der Waals surface area contributed by atoms with Gasteiger partial charge < -0.3 is 10.5 Å². The van der Waals surface area contributed by atoms with Crippen LogP contribution >= 0.6 is 27.3 Å². The van der Waals surface area contributed by atoms with Crippen LogP contribution in [0.25, 0.3) is 0 Å². The molecule has 0 saturated heterocycles. The molecule has 0 radical (unpaired) electrons. The van der Waals surface area contributed by atoms with E-state index in [1.165, 1.54) is 0 Å². The lowest BCUT2D eigenvalue weighted by Crippen LogP contribution is -2.00. The van der Waals surface area contributed by atoms with Gasteiger partial charge in [0.2, 0.25) is 0 Å². The van der Waals surface area contributed by atoms with E-state index in [9.17, 15) is 0 Å². The molecule has 0 saturated carbocycles. The number of rotatable bonds is 3. The van der Waals surface area contributed by atoms with Crippen LogP contribution in [0, 0.1) is 6.92 Å². The maximum absolute atomic E-state index is 5.75. The van der Waals surface area contributed by atoms with E-state index in [4.69, 9.17) is 10.5 Å². The van der Waals surface area contributed by atoms with Crippen LogP contribution in [0.2, 0.25) is 0 Å². The predicted octanol–water partition coefficient (Wildman–Crippen LogP) is 3.38. The molecule has 0 aromatic carbocycles. The standard InChI is InChI=1S/C11H11BrN2OS/c1-7-2-3-10(11(13)14-7)15-5-9-4-8(12)6-16-9/h2-4,6H,5H2,1H3,(H2,13,14). The first-order valence-corrected chi connectivity index (χ1v) is 6.41. The number of aryl methyl sites for hydroxylation is 1. The van der Waals surface area contributed by atoms with Gasteiger partial charge in [0.05, 0.1) is 0 Å². The zero-order chi connectivity index (χ0) is 11.5. The molecule has 2 aromatic heterocycles. The zero-order valence-electron chi connectivity index (χ0n) is 8.74. The number of aromatic nitrogens is 1. The largest absolute Gasteiger partial charge is 0.484 e. The van der Waals surface area contributed by atoms with Crippen molar-refractivity contribution in [3.8, 4) is 5.75 Å². The van der Waals surface area contributed by atoms with Crippen molar-refractivity contribution in [2.75, 3.05) is 5.73 Å². The van der Waals surface area contributed by atoms with Gasteiger partial charge in [-0.15, -0.1) is 11.3 Å². The van der Waals surface area contributed by atoms with Crippen LogP contribution in [-0.4, -0.2) is 4.98 Å². The molecule has 0 aliphatic carbocycles. The van der Waals surface area contributed by atoms with Gasteiger partial charge in [0.15, 0.2) is 11.6 Å². The van der Waals surface area contributed by atoms with E-state index in [2.05, 4.69) is 20.9 Å². The summed E-state index contributed by atoms with van der Waals surface area (Å²) in [7, 11) is 0. The van der Waals surface area contributed by atoms with Gasteiger partial charge in [0.25, 0.3) is 0 Å². The molecule has 0 aliphatic heterocycles. The summed E-state index contributed by atoms with van der Waals surface area (Å²) in [5.74, 6) is 1.07. The van der Waals surface area contributed by atoms with Crippen molar-refractivity contribution in [3.05, 3.63) is 38.6 Å². The molecule has 0 bridgehead atoms. The van der Waals surface area contributed by atoms with Crippen LogP contribution in [0.15, 0.2) is 28.1 Å². The minimum atomic E-state index is 0.440. The average Bonchev–Trinajstić information content (AvgIpc) is 2.63. The second-order valence-electron chi connectivity index (χ2n) is 3.36. The summed E-state index contributed by atoms with van der Waals surface area (Å²) in [4.78, 5) is 5.28. The van der Waals surface area contributed by atoms with Gasteiger partial charge in [0, 0.05) is 20.4 Å². The highest BCUT2D eigenvalue weighted by molar-refractivity contribution is 9.10. The molecule has 2 rings (SSSR count). The van der Waals surface area contributed by atoms with Crippen molar-refractivity contribution in [2.45, 2.75) is 13.5 Å². The van der Waals surface area contributed by atoms with Crippen LogP contribution < -0.4 is 10.5 Å². The summed E-state index contributed by atoms with van der Waals surface area (Å²) in [5.41, 5.74) is 6.64. The number of anilines is 1. The minimum absolute atomic E-state index is 0.440. The fourth-order valence-electron chi connectivity index (χ4n) is 1.26. The molecule has 0 atom stereocenters. The summed E-state index contributed by atoms with van der Waals surface area (Å²) in [6.45, 7) is 2.42. The van der Waals surface area contributed by atoms with Crippen LogP contribution in [-0.2, 0) is 6.61 Å². The molecular formula is C11H11BrN2OS. The summed E-state index contributed by atoms with van der Waals surface area (Å²) in [6, 6.07) is 5.76. The van der Waals surface area contributed by atoms with Crippen molar-refractivity contribution in [1.29, 1.82) is 0 Å². The topological polar surface area (TPSA) is 48.1 Å². The average molecular weight is 299 g/mol. The van der Waals surface area contributed by atoms with Gasteiger partial charge >= 0.3 is 0 Å². The predicted molar refractivity (Wildman–Crippen MR) is 69.7 cm³/mol. The fourth-order valence-corrected chi connectivity index (χ4v) is 2.63. The van der Waals surface area contributed by atoms with Crippen LogP contribution in [0.3, 0.4) is 0 Å². The van der Waals surface area contributed by atoms with Gasteiger partial charge in [-0.05, 0) is 41.1 Å². The monoisotopic (exact) mass is 298 g/mol. The highest BCUT2D eigenvalue weighted by atomic mass is 79.9. The van der Waals surface area contributed by atoms with Crippen molar-refractivity contribution < 1.29 is 4.74 Å². The Balaban J connectivity index is 2.04. The molecule has 5 heteroatoms. The normalized spacial score (nSPS) is 10.4. The number of pyridine rings is 1. The number of hydrogen-bond acceptors (Lipinski definition) is 4. The van der Waals surface area contributed by atoms with Gasteiger partial charge in [0.1, 0.15) is 6.61 Å². The van der Waals surface area contributed by atoms with Crippen molar-refractivity contribution in [1.82, 2.24) is 4.98 Å². The number of nitrogens with two attached hydrogens (primary N) is 1. The summed E-state index contributed by atoms with van der Waals surface area (Å²) in [6.07, 6.45) is 0. The Kier molecular flexibility index (Phi) is 3.46. The van der Waals surface area contributed by atoms with Crippen LogP contribution in [0.1, 0.15) is 10.6 Å². The Hall–Kier alpha value is -1.07. The SMILES string of the molecule is Cc1ccc(OCc2cc(Br)cs2)c(N)n1. The lowest BCUT2D eigenvalue weighted by atomic mass is 10.3. The molecule has 3 nitrogen and oxygen atoms in total. The van der Waals surface area contributed by atoms with Gasteiger partial charge in [-0.1, -0.05) is 0 Å². The number of nitrogens with zero attached hydrogens (tertiary/aromatic N) is 1. The molecule has 84 valence electrons. The molecule has 0 amide bonds. The number of thiophene rings is 1. The fraction of sp³-hybridized carbons (Fsp3) is 0.182. The van der Waals surface area contributed by atoms with E-state index in [0.29, 0.717) is 18.2 Å². The van der Waals surface area contributed by atoms with E-state index < -0.39 is 0 Å². The Labute approximate surface area is 106 Å². The van der Waals surface area contributed by atoms with E-state index in [1.54, 1.807) is 11.3 Å². The van der Waals surface area contributed by atoms with Crippen molar-refractivity contribution in [2.24, 2.45) is 0 Å². The first-order chi connectivity index (χ1) is 7.65. The van der Waals surface area contributed by atoms with Gasteiger partial charge in [-0.25, -0.2) is 4.98 Å². The third kappa shape index (κ3) is 2.74. The first kappa shape index (κ1) is 11.4. The smallest absolute Gasteiger partial charge is 0.166 e. The Bertz CT molecular complexity index is 498. The van der Waals surface area contributed by atoms with Crippen molar-refractivity contribution >= 4 is 33.1 Å². The van der Waals surface area contributed by atoms with E-state index in [-0.39, 0.29) is 0 Å². The number of hydrogen-bond donors (Lipinski definition) is 1. The highest BCUT2D eigenvalue weighted by Gasteiger charge is 2.03. The van der Waals surface area contributed by atoms with Crippen LogP contribution in [0.4, 0.5) is 5.82 Å². The zero-order valence-corrected chi connectivity index (χ0v) is 11.1. The molecule has 0 unspecified atom stereocenters. The number of nitrogen functional groups attached to an aromatic ring is 1. The lowest BCUT2D eigenvalue weighted by molar-refractivity contribution is 0.310. The summed E-state index contributed by atoms with van der Waals surface area (Å²) < 4.78 is 6.67. The van der Waals surface area contributed by atoms with E-state index in [0.717, 1.165) is 15.0 Å². The third-order valence-electron chi connectivity index (χ3n) is 2.02. The van der Waals surface area contributed by atoms with Crippen molar-refractivity contribution in [3.63, 3.8) is 0 Å². The maximum Gasteiger partial charge on any atom is 0.166 e. The quantitative estimate of drug-likeness (QED) is 0.945. The van der Waals surface area contributed by atoms with Crippen LogP contribution in [0.5, 0.6) is 5.75 Å². The Morgan fingerprint density at radius 2 is 2.31 bits per heavy atom. The molecule has 0 fully saturated rings.